The Balaban J connectivity index is 1.23. The van der Waals surface area contributed by atoms with E-state index < -0.39 is 11.6 Å². The van der Waals surface area contributed by atoms with Crippen molar-refractivity contribution in [3.63, 3.8) is 0 Å². The fourth-order valence-electron chi connectivity index (χ4n) is 7.12. The maximum Gasteiger partial charge on any atom is 0.385 e. The van der Waals surface area contributed by atoms with E-state index in [1.807, 2.05) is 0 Å². The molecular formula is C23H28N3O4+. The maximum atomic E-state index is 13.4. The van der Waals surface area contributed by atoms with Crippen molar-refractivity contribution in [2.75, 3.05) is 5.32 Å². The van der Waals surface area contributed by atoms with Gasteiger partial charge in [-0.1, -0.05) is 6.42 Å². The van der Waals surface area contributed by atoms with E-state index in [0.717, 1.165) is 63.5 Å². The van der Waals surface area contributed by atoms with Gasteiger partial charge >= 0.3 is 5.69 Å². The van der Waals surface area contributed by atoms with Crippen molar-refractivity contribution in [2.45, 2.75) is 75.8 Å². The van der Waals surface area contributed by atoms with E-state index in [-0.39, 0.29) is 23.2 Å². The number of hydrogen-bond acceptors (Lipinski definition) is 5. The SMILES string of the molecule is N#[N+]c1ccc(NC(=O)C23CC4C[C@H](C2)C2(OOC5(CCCCC5)O2)[C@@H](C4)C3)cc1. The molecule has 158 valence electrons. The molecule has 3 unspecified atom stereocenters. The molecule has 7 nitrogen and oxygen atoms in total. The Bertz CT molecular complexity index is 886. The second kappa shape index (κ2) is 6.49. The molecule has 0 radical (unpaired) electrons. The molecule has 6 aliphatic rings. The van der Waals surface area contributed by atoms with Crippen LogP contribution in [0.1, 0.15) is 64.2 Å². The molecule has 1 saturated heterocycles. The van der Waals surface area contributed by atoms with Crippen molar-refractivity contribution in [2.24, 2.45) is 23.2 Å². The van der Waals surface area contributed by atoms with Gasteiger partial charge in [0.05, 0.1) is 5.41 Å². The molecule has 4 bridgehead atoms. The minimum atomic E-state index is -0.664. The molecule has 30 heavy (non-hydrogen) atoms. The van der Waals surface area contributed by atoms with Crippen molar-refractivity contribution in [3.05, 3.63) is 29.2 Å². The summed E-state index contributed by atoms with van der Waals surface area (Å²) in [7, 11) is 0. The molecule has 7 heteroatoms. The lowest BCUT2D eigenvalue weighted by atomic mass is 9.47. The number of rotatable bonds is 2. The number of carbonyl (C=O) groups excluding carboxylic acids is 1. The first-order valence-electron chi connectivity index (χ1n) is 11.4. The molecule has 1 N–H and O–H groups in total. The molecule has 2 spiro atoms. The second-order valence-electron chi connectivity index (χ2n) is 10.2. The van der Waals surface area contributed by atoms with Gasteiger partial charge in [-0.3, -0.25) is 4.79 Å². The summed E-state index contributed by atoms with van der Waals surface area (Å²) >= 11 is 0. The van der Waals surface area contributed by atoms with Crippen molar-refractivity contribution >= 4 is 17.3 Å². The van der Waals surface area contributed by atoms with Gasteiger partial charge < -0.3 is 10.1 Å². The van der Waals surface area contributed by atoms with Gasteiger partial charge in [0.1, 0.15) is 0 Å². The predicted molar refractivity (Wildman–Crippen MR) is 108 cm³/mol. The lowest BCUT2D eigenvalue weighted by Crippen LogP contribution is -2.64. The van der Waals surface area contributed by atoms with Crippen LogP contribution in [-0.2, 0) is 19.3 Å². The van der Waals surface area contributed by atoms with Crippen LogP contribution in [0.15, 0.2) is 24.3 Å². The van der Waals surface area contributed by atoms with E-state index in [2.05, 4.69) is 10.3 Å². The molecule has 1 aromatic carbocycles. The van der Waals surface area contributed by atoms with Crippen LogP contribution in [0.2, 0.25) is 0 Å². The van der Waals surface area contributed by atoms with Crippen LogP contribution >= 0.6 is 0 Å². The summed E-state index contributed by atoms with van der Waals surface area (Å²) in [6.07, 6.45) is 9.89. The zero-order valence-electron chi connectivity index (χ0n) is 17.1. The summed E-state index contributed by atoms with van der Waals surface area (Å²) in [6, 6.07) is 6.93. The highest BCUT2D eigenvalue weighted by Crippen LogP contribution is 2.67. The fraction of sp³-hybridized carbons (Fsp3) is 0.696. The van der Waals surface area contributed by atoms with Crippen LogP contribution in [0.5, 0.6) is 0 Å². The van der Waals surface area contributed by atoms with E-state index in [0.29, 0.717) is 11.6 Å². The van der Waals surface area contributed by atoms with Gasteiger partial charge in [0, 0.05) is 42.5 Å². The highest BCUT2D eigenvalue weighted by molar-refractivity contribution is 5.95. The van der Waals surface area contributed by atoms with Gasteiger partial charge in [-0.2, -0.15) is 9.78 Å². The van der Waals surface area contributed by atoms with Gasteiger partial charge in [0.2, 0.25) is 22.9 Å². The van der Waals surface area contributed by atoms with E-state index in [1.165, 1.54) is 6.42 Å². The molecule has 6 fully saturated rings. The Labute approximate surface area is 176 Å². The lowest BCUT2D eigenvalue weighted by molar-refractivity contribution is -0.393. The Morgan fingerprint density at radius 3 is 2.37 bits per heavy atom. The van der Waals surface area contributed by atoms with Crippen LogP contribution in [-0.4, -0.2) is 17.5 Å². The number of nitrogens with zero attached hydrogens (tertiary/aromatic N) is 2. The minimum Gasteiger partial charge on any atom is -0.326 e. The molecule has 5 saturated carbocycles. The Morgan fingerprint density at radius 2 is 1.70 bits per heavy atom. The molecular weight excluding hydrogens is 382 g/mol. The molecule has 5 aliphatic carbocycles. The van der Waals surface area contributed by atoms with Gasteiger partial charge in [-0.25, -0.2) is 0 Å². The molecule has 7 rings (SSSR count). The second-order valence-corrected chi connectivity index (χ2v) is 10.2. The molecule has 1 heterocycles. The smallest absolute Gasteiger partial charge is 0.326 e. The number of nitrogens with one attached hydrogen (secondary N) is 1. The van der Waals surface area contributed by atoms with Crippen molar-refractivity contribution in [3.8, 4) is 0 Å². The number of benzene rings is 1. The summed E-state index contributed by atoms with van der Waals surface area (Å²) in [5.41, 5.74) is 0.837. The summed E-state index contributed by atoms with van der Waals surface area (Å²) in [4.78, 5) is 28.6. The largest absolute Gasteiger partial charge is 0.385 e. The molecule has 1 aromatic rings. The summed E-state index contributed by atoms with van der Waals surface area (Å²) in [5, 5.41) is 12.0. The zero-order chi connectivity index (χ0) is 20.4. The van der Waals surface area contributed by atoms with E-state index in [4.69, 9.17) is 19.9 Å². The van der Waals surface area contributed by atoms with Crippen LogP contribution in [0.25, 0.3) is 4.98 Å². The number of hydrogen-bond donors (Lipinski definition) is 1. The van der Waals surface area contributed by atoms with Crippen LogP contribution in [0.4, 0.5) is 11.4 Å². The third kappa shape index (κ3) is 2.67. The Hall–Kier alpha value is -2.01. The number of amides is 1. The number of anilines is 1. The molecule has 1 amide bonds. The summed E-state index contributed by atoms with van der Waals surface area (Å²) in [6.45, 7) is 0. The van der Waals surface area contributed by atoms with E-state index in [1.54, 1.807) is 24.3 Å². The first-order chi connectivity index (χ1) is 14.5. The number of diazo groups is 1. The van der Waals surface area contributed by atoms with E-state index in [9.17, 15) is 4.79 Å². The first kappa shape index (κ1) is 18.7. The number of ether oxygens (including phenoxy) is 1. The van der Waals surface area contributed by atoms with Crippen LogP contribution in [0, 0.1) is 28.6 Å². The maximum absolute atomic E-state index is 13.4. The molecule has 1 aliphatic heterocycles. The third-order valence-corrected chi connectivity index (χ3v) is 8.33. The van der Waals surface area contributed by atoms with Gasteiger partial charge in [0.15, 0.2) is 4.98 Å². The lowest BCUT2D eigenvalue weighted by Gasteiger charge is -2.61. The number of carbonyl (C=O) groups is 1. The van der Waals surface area contributed by atoms with Crippen LogP contribution in [0.3, 0.4) is 0 Å². The third-order valence-electron chi connectivity index (χ3n) is 8.33. The standard InChI is InChI=1S/C23H27N3O4/c24-26-19-6-4-18(5-7-19)25-20(27)21-12-15-10-16(13-21)23(17(11-15)14-21)28-22(29-30-23)8-2-1-3-9-22/h4-7,15-17H,1-3,8-14H2/p+1/t15?,16-,17+,21?,23?. The molecule has 0 aromatic heterocycles. The first-order valence-corrected chi connectivity index (χ1v) is 11.4. The zero-order valence-corrected chi connectivity index (χ0v) is 17.1. The van der Waals surface area contributed by atoms with E-state index >= 15 is 0 Å². The Morgan fingerprint density at radius 1 is 1.00 bits per heavy atom. The minimum absolute atomic E-state index is 0.0942. The average Bonchev–Trinajstić information content (AvgIpc) is 3.12. The van der Waals surface area contributed by atoms with Crippen molar-refractivity contribution in [1.29, 1.82) is 5.39 Å². The quantitative estimate of drug-likeness (QED) is 0.530. The van der Waals surface area contributed by atoms with Gasteiger partial charge in [-0.05, 0) is 63.0 Å². The normalized spacial score (nSPS) is 40.6. The monoisotopic (exact) mass is 410 g/mol. The highest BCUT2D eigenvalue weighted by Gasteiger charge is 2.70. The van der Waals surface area contributed by atoms with Gasteiger partial charge in [-0.15, -0.1) is 0 Å². The highest BCUT2D eigenvalue weighted by atomic mass is 17.3. The topological polar surface area (TPSA) is 84.9 Å². The van der Waals surface area contributed by atoms with Crippen molar-refractivity contribution in [1.82, 2.24) is 0 Å². The Kier molecular flexibility index (Phi) is 4.05. The van der Waals surface area contributed by atoms with Crippen LogP contribution < -0.4 is 5.32 Å². The summed E-state index contributed by atoms with van der Waals surface area (Å²) < 4.78 is 6.71. The summed E-state index contributed by atoms with van der Waals surface area (Å²) in [5.74, 6) is -0.191. The predicted octanol–water partition coefficient (Wildman–Crippen LogP) is 5.27. The van der Waals surface area contributed by atoms with Gasteiger partial charge in [0.25, 0.3) is 0 Å². The molecule has 5 atom stereocenters. The average molecular weight is 410 g/mol. The fourth-order valence-corrected chi connectivity index (χ4v) is 7.12. The van der Waals surface area contributed by atoms with Crippen molar-refractivity contribution < 1.29 is 19.3 Å².